The molecule has 0 fully saturated rings. The lowest BCUT2D eigenvalue weighted by Gasteiger charge is -2.00. The number of halogens is 1. The van der Waals surface area contributed by atoms with Crippen LogP contribution in [0.5, 0.6) is 0 Å². The molecule has 0 aliphatic rings. The number of alkyl halides is 1. The quantitative estimate of drug-likeness (QED) is 0.527. The molecule has 0 spiro atoms. The maximum atomic E-state index is 8.42. The van der Waals surface area contributed by atoms with Gasteiger partial charge in [0.2, 0.25) is 0 Å². The first kappa shape index (κ1) is 9.44. The molecule has 1 N–H and O–H groups in total. The zero-order valence-corrected chi connectivity index (χ0v) is 7.52. The Labute approximate surface area is 65.6 Å². The summed E-state index contributed by atoms with van der Waals surface area (Å²) in [4.78, 5) is 0.635. The lowest BCUT2D eigenvalue weighted by Crippen LogP contribution is -1.90. The van der Waals surface area contributed by atoms with Crippen molar-refractivity contribution in [1.29, 1.82) is 0 Å². The molecule has 0 unspecified atom stereocenters. The van der Waals surface area contributed by atoms with Crippen LogP contribution in [0, 0.1) is 0 Å². The Morgan fingerprint density at radius 2 is 2.00 bits per heavy atom. The molecule has 0 bridgehead atoms. The van der Waals surface area contributed by atoms with Gasteiger partial charge in [0.05, 0.1) is 0 Å². The first-order valence-electron chi connectivity index (χ1n) is 3.52. The van der Waals surface area contributed by atoms with Crippen LogP contribution in [-0.4, -0.2) is 16.5 Å². The van der Waals surface area contributed by atoms with Crippen molar-refractivity contribution in [2.45, 2.75) is 37.4 Å². The molecule has 56 valence electrons. The SMILES string of the molecule is C[C@@H](Br)CCCCCO. The summed E-state index contributed by atoms with van der Waals surface area (Å²) >= 11 is 3.46. The molecular formula is C7H15BrO. The van der Waals surface area contributed by atoms with Gasteiger partial charge in [0.1, 0.15) is 0 Å². The number of hydrogen-bond donors (Lipinski definition) is 1. The molecular weight excluding hydrogens is 180 g/mol. The third-order valence-corrected chi connectivity index (χ3v) is 1.72. The Morgan fingerprint density at radius 1 is 1.33 bits per heavy atom. The van der Waals surface area contributed by atoms with Crippen molar-refractivity contribution in [2.24, 2.45) is 0 Å². The van der Waals surface area contributed by atoms with Crippen LogP contribution in [0.15, 0.2) is 0 Å². The number of aliphatic hydroxyl groups is 1. The molecule has 0 amide bonds. The highest BCUT2D eigenvalue weighted by atomic mass is 79.9. The Balaban J connectivity index is 2.75. The van der Waals surface area contributed by atoms with Gasteiger partial charge in [-0.05, 0) is 12.8 Å². The van der Waals surface area contributed by atoms with Gasteiger partial charge in [-0.1, -0.05) is 35.7 Å². The van der Waals surface area contributed by atoms with Crippen molar-refractivity contribution < 1.29 is 5.11 Å². The first-order valence-corrected chi connectivity index (χ1v) is 4.44. The second-order valence-electron chi connectivity index (χ2n) is 2.35. The van der Waals surface area contributed by atoms with E-state index in [-0.39, 0.29) is 0 Å². The van der Waals surface area contributed by atoms with Gasteiger partial charge in [0, 0.05) is 11.4 Å². The monoisotopic (exact) mass is 194 g/mol. The molecule has 0 saturated heterocycles. The van der Waals surface area contributed by atoms with E-state index in [1.165, 1.54) is 12.8 Å². The fourth-order valence-electron chi connectivity index (χ4n) is 0.714. The van der Waals surface area contributed by atoms with Crippen molar-refractivity contribution in [1.82, 2.24) is 0 Å². The van der Waals surface area contributed by atoms with Crippen molar-refractivity contribution >= 4 is 15.9 Å². The van der Waals surface area contributed by atoms with Crippen molar-refractivity contribution in [3.05, 3.63) is 0 Å². The Morgan fingerprint density at radius 3 is 2.44 bits per heavy atom. The maximum Gasteiger partial charge on any atom is 0.0431 e. The lowest BCUT2D eigenvalue weighted by molar-refractivity contribution is 0.282. The van der Waals surface area contributed by atoms with E-state index in [2.05, 4.69) is 22.9 Å². The summed E-state index contributed by atoms with van der Waals surface area (Å²) in [6.07, 6.45) is 4.57. The summed E-state index contributed by atoms with van der Waals surface area (Å²) in [5.74, 6) is 0. The molecule has 0 aromatic heterocycles. The Kier molecular flexibility index (Phi) is 6.88. The van der Waals surface area contributed by atoms with E-state index in [0.29, 0.717) is 11.4 Å². The van der Waals surface area contributed by atoms with Crippen molar-refractivity contribution in [3.63, 3.8) is 0 Å². The zero-order valence-electron chi connectivity index (χ0n) is 5.94. The fraction of sp³-hybridized carbons (Fsp3) is 1.00. The summed E-state index contributed by atoms with van der Waals surface area (Å²) in [5, 5.41) is 8.42. The van der Waals surface area contributed by atoms with E-state index in [9.17, 15) is 0 Å². The summed E-state index contributed by atoms with van der Waals surface area (Å²) in [7, 11) is 0. The molecule has 1 nitrogen and oxygen atoms in total. The molecule has 0 heterocycles. The van der Waals surface area contributed by atoms with Crippen LogP contribution in [0.1, 0.15) is 32.6 Å². The predicted molar refractivity (Wildman–Crippen MR) is 43.9 cm³/mol. The standard InChI is InChI=1S/C7H15BrO/c1-7(8)5-3-2-4-6-9/h7,9H,2-6H2,1H3/t7-/m1/s1. The third-order valence-electron chi connectivity index (χ3n) is 1.26. The Hall–Kier alpha value is 0.440. The zero-order chi connectivity index (χ0) is 7.11. The van der Waals surface area contributed by atoms with Gasteiger partial charge in [-0.15, -0.1) is 0 Å². The number of rotatable bonds is 5. The molecule has 0 aromatic carbocycles. The molecule has 0 rings (SSSR count). The average molecular weight is 195 g/mol. The second kappa shape index (κ2) is 6.56. The van der Waals surface area contributed by atoms with Gasteiger partial charge < -0.3 is 5.11 Å². The van der Waals surface area contributed by atoms with E-state index in [1.54, 1.807) is 0 Å². The largest absolute Gasteiger partial charge is 0.396 e. The molecule has 0 saturated carbocycles. The molecule has 9 heavy (non-hydrogen) atoms. The van der Waals surface area contributed by atoms with Crippen LogP contribution >= 0.6 is 15.9 Å². The highest BCUT2D eigenvalue weighted by Gasteiger charge is 1.93. The van der Waals surface area contributed by atoms with Crippen molar-refractivity contribution in [2.75, 3.05) is 6.61 Å². The Bertz CT molecular complexity index is 54.9. The minimum Gasteiger partial charge on any atom is -0.396 e. The minimum atomic E-state index is 0.344. The average Bonchev–Trinajstić information content (AvgIpc) is 1.80. The van der Waals surface area contributed by atoms with Gasteiger partial charge >= 0.3 is 0 Å². The summed E-state index contributed by atoms with van der Waals surface area (Å²) < 4.78 is 0. The van der Waals surface area contributed by atoms with Gasteiger partial charge in [0.25, 0.3) is 0 Å². The van der Waals surface area contributed by atoms with Crippen LogP contribution in [0.2, 0.25) is 0 Å². The summed E-state index contributed by atoms with van der Waals surface area (Å²) in [5.41, 5.74) is 0. The van der Waals surface area contributed by atoms with Gasteiger partial charge in [-0.2, -0.15) is 0 Å². The smallest absolute Gasteiger partial charge is 0.0431 e. The van der Waals surface area contributed by atoms with E-state index in [4.69, 9.17) is 5.11 Å². The lowest BCUT2D eigenvalue weighted by atomic mass is 10.2. The van der Waals surface area contributed by atoms with Crippen LogP contribution in [0.25, 0.3) is 0 Å². The maximum absolute atomic E-state index is 8.42. The highest BCUT2D eigenvalue weighted by molar-refractivity contribution is 9.09. The van der Waals surface area contributed by atoms with E-state index >= 15 is 0 Å². The normalized spacial score (nSPS) is 13.7. The van der Waals surface area contributed by atoms with Crippen LogP contribution in [-0.2, 0) is 0 Å². The highest BCUT2D eigenvalue weighted by Crippen LogP contribution is 2.09. The predicted octanol–water partition coefficient (Wildman–Crippen LogP) is 2.32. The molecule has 0 aliphatic carbocycles. The minimum absolute atomic E-state index is 0.344. The number of aliphatic hydroxyl groups excluding tert-OH is 1. The molecule has 2 heteroatoms. The first-order chi connectivity index (χ1) is 4.27. The number of unbranched alkanes of at least 4 members (excludes halogenated alkanes) is 2. The van der Waals surface area contributed by atoms with Gasteiger partial charge in [-0.25, -0.2) is 0 Å². The van der Waals surface area contributed by atoms with E-state index in [0.717, 1.165) is 12.8 Å². The molecule has 0 aliphatic heterocycles. The van der Waals surface area contributed by atoms with Gasteiger partial charge in [0.15, 0.2) is 0 Å². The summed E-state index contributed by atoms with van der Waals surface area (Å²) in [6, 6.07) is 0. The fourth-order valence-corrected chi connectivity index (χ4v) is 1.04. The van der Waals surface area contributed by atoms with E-state index < -0.39 is 0 Å². The van der Waals surface area contributed by atoms with Crippen LogP contribution < -0.4 is 0 Å². The van der Waals surface area contributed by atoms with Crippen molar-refractivity contribution in [3.8, 4) is 0 Å². The van der Waals surface area contributed by atoms with Crippen LogP contribution in [0.3, 0.4) is 0 Å². The molecule has 0 radical (unpaired) electrons. The molecule has 0 aromatic rings. The second-order valence-corrected chi connectivity index (χ2v) is 3.92. The summed E-state index contributed by atoms with van der Waals surface area (Å²) in [6.45, 7) is 2.50. The third kappa shape index (κ3) is 8.44. The van der Waals surface area contributed by atoms with Crippen LogP contribution in [0.4, 0.5) is 0 Å². The number of hydrogen-bond acceptors (Lipinski definition) is 1. The van der Waals surface area contributed by atoms with E-state index in [1.807, 2.05) is 0 Å². The van der Waals surface area contributed by atoms with Gasteiger partial charge in [-0.3, -0.25) is 0 Å². The molecule has 1 atom stereocenters. The topological polar surface area (TPSA) is 20.2 Å².